The van der Waals surface area contributed by atoms with E-state index in [4.69, 9.17) is 9.72 Å². The van der Waals surface area contributed by atoms with E-state index in [0.29, 0.717) is 12.5 Å². The van der Waals surface area contributed by atoms with Crippen LogP contribution < -0.4 is 0 Å². The van der Waals surface area contributed by atoms with Crippen LogP contribution in [0.25, 0.3) is 5.82 Å². The molecule has 138 valence electrons. The maximum Gasteiger partial charge on any atom is 0.236 e. The van der Waals surface area contributed by atoms with Crippen molar-refractivity contribution in [2.24, 2.45) is 0 Å². The quantitative estimate of drug-likeness (QED) is 0.827. The van der Waals surface area contributed by atoms with Crippen molar-refractivity contribution in [3.05, 3.63) is 42.6 Å². The SMILES string of the molecule is O=C(CN1CCOCC1)N1CCC(c2cccc(-n3ccnc3)n2)CC1. The molecule has 1 amide bonds. The Labute approximate surface area is 153 Å². The van der Waals surface area contributed by atoms with Gasteiger partial charge in [-0.3, -0.25) is 14.3 Å². The summed E-state index contributed by atoms with van der Waals surface area (Å²) in [5.74, 6) is 1.54. The molecule has 0 atom stereocenters. The predicted molar refractivity (Wildman–Crippen MR) is 97.2 cm³/mol. The Balaban J connectivity index is 1.33. The second-order valence-electron chi connectivity index (χ2n) is 6.93. The van der Waals surface area contributed by atoms with Crippen molar-refractivity contribution < 1.29 is 9.53 Å². The smallest absolute Gasteiger partial charge is 0.236 e. The molecule has 7 heteroatoms. The number of pyridine rings is 1. The summed E-state index contributed by atoms with van der Waals surface area (Å²) in [6, 6.07) is 6.14. The molecule has 0 radical (unpaired) electrons. The summed E-state index contributed by atoms with van der Waals surface area (Å²) in [4.78, 5) is 25.6. The molecule has 0 spiro atoms. The van der Waals surface area contributed by atoms with Crippen molar-refractivity contribution in [2.75, 3.05) is 45.9 Å². The molecule has 7 nitrogen and oxygen atoms in total. The van der Waals surface area contributed by atoms with E-state index in [1.807, 2.05) is 27.8 Å². The van der Waals surface area contributed by atoms with Gasteiger partial charge < -0.3 is 9.64 Å². The van der Waals surface area contributed by atoms with Crippen LogP contribution in [0.1, 0.15) is 24.5 Å². The summed E-state index contributed by atoms with van der Waals surface area (Å²) >= 11 is 0. The molecule has 2 aliphatic rings. The summed E-state index contributed by atoms with van der Waals surface area (Å²) < 4.78 is 7.27. The van der Waals surface area contributed by atoms with E-state index in [0.717, 1.165) is 63.7 Å². The second-order valence-corrected chi connectivity index (χ2v) is 6.93. The number of aromatic nitrogens is 3. The molecule has 0 N–H and O–H groups in total. The number of carbonyl (C=O) groups excluding carboxylic acids is 1. The van der Waals surface area contributed by atoms with Gasteiger partial charge in [0.15, 0.2) is 0 Å². The summed E-state index contributed by atoms with van der Waals surface area (Å²) in [6.07, 6.45) is 7.36. The summed E-state index contributed by atoms with van der Waals surface area (Å²) in [6.45, 7) is 5.31. The molecule has 0 saturated carbocycles. The lowest BCUT2D eigenvalue weighted by Crippen LogP contribution is -2.46. The second kappa shape index (κ2) is 7.97. The third-order valence-corrected chi connectivity index (χ3v) is 5.25. The first-order valence-electron chi connectivity index (χ1n) is 9.33. The van der Waals surface area contributed by atoms with Gasteiger partial charge in [-0.1, -0.05) is 6.07 Å². The van der Waals surface area contributed by atoms with E-state index >= 15 is 0 Å². The number of amides is 1. The number of piperidine rings is 1. The molecular weight excluding hydrogens is 330 g/mol. The number of nitrogens with zero attached hydrogens (tertiary/aromatic N) is 5. The molecule has 2 aromatic rings. The Morgan fingerprint density at radius 2 is 1.96 bits per heavy atom. The van der Waals surface area contributed by atoms with E-state index in [9.17, 15) is 4.79 Å². The Hall–Kier alpha value is -2.25. The number of carbonyl (C=O) groups is 1. The number of hydrogen-bond donors (Lipinski definition) is 0. The Morgan fingerprint density at radius 3 is 2.69 bits per heavy atom. The van der Waals surface area contributed by atoms with Crippen LogP contribution in [0.5, 0.6) is 0 Å². The van der Waals surface area contributed by atoms with E-state index in [2.05, 4.69) is 16.0 Å². The van der Waals surface area contributed by atoms with Crippen LogP contribution in [-0.4, -0.2) is 76.2 Å². The topological polar surface area (TPSA) is 63.5 Å². The van der Waals surface area contributed by atoms with Gasteiger partial charge in [-0.05, 0) is 25.0 Å². The number of hydrogen-bond acceptors (Lipinski definition) is 5. The molecule has 2 aliphatic heterocycles. The van der Waals surface area contributed by atoms with Crippen molar-refractivity contribution in [2.45, 2.75) is 18.8 Å². The number of morpholine rings is 1. The number of likely N-dealkylation sites (tertiary alicyclic amines) is 1. The normalized spacial score (nSPS) is 19.6. The first-order chi connectivity index (χ1) is 12.8. The Kier molecular flexibility index (Phi) is 5.26. The summed E-state index contributed by atoms with van der Waals surface area (Å²) in [7, 11) is 0. The van der Waals surface area contributed by atoms with Gasteiger partial charge in [-0.2, -0.15) is 0 Å². The van der Waals surface area contributed by atoms with Crippen LogP contribution in [0, 0.1) is 0 Å². The van der Waals surface area contributed by atoms with Gasteiger partial charge in [0.05, 0.1) is 19.8 Å². The minimum atomic E-state index is 0.241. The van der Waals surface area contributed by atoms with Crippen LogP contribution in [0.4, 0.5) is 0 Å². The molecular formula is C19H25N5O2. The standard InChI is InChI=1S/C19H25N5O2/c25-19(14-22-10-12-26-13-11-22)23-7-4-16(5-8-23)17-2-1-3-18(21-17)24-9-6-20-15-24/h1-3,6,9,15-16H,4-5,7-8,10-14H2. The zero-order valence-electron chi connectivity index (χ0n) is 15.0. The summed E-state index contributed by atoms with van der Waals surface area (Å²) in [5, 5.41) is 0. The molecule has 4 rings (SSSR count). The minimum Gasteiger partial charge on any atom is -0.379 e. The maximum absolute atomic E-state index is 12.5. The highest BCUT2D eigenvalue weighted by atomic mass is 16.5. The molecule has 26 heavy (non-hydrogen) atoms. The number of ether oxygens (including phenoxy) is 1. The Morgan fingerprint density at radius 1 is 1.15 bits per heavy atom. The van der Waals surface area contributed by atoms with Gasteiger partial charge >= 0.3 is 0 Å². The zero-order valence-corrected chi connectivity index (χ0v) is 15.0. The Bertz CT molecular complexity index is 719. The van der Waals surface area contributed by atoms with Gasteiger partial charge in [-0.25, -0.2) is 9.97 Å². The molecule has 0 aliphatic carbocycles. The average Bonchev–Trinajstić information content (AvgIpc) is 3.24. The highest BCUT2D eigenvalue weighted by Crippen LogP contribution is 2.27. The zero-order chi connectivity index (χ0) is 17.8. The third kappa shape index (κ3) is 3.94. The van der Waals surface area contributed by atoms with Crippen LogP contribution in [-0.2, 0) is 9.53 Å². The van der Waals surface area contributed by atoms with Crippen LogP contribution >= 0.6 is 0 Å². The third-order valence-electron chi connectivity index (χ3n) is 5.25. The molecule has 0 unspecified atom stereocenters. The maximum atomic E-state index is 12.5. The van der Waals surface area contributed by atoms with Crippen molar-refractivity contribution in [1.29, 1.82) is 0 Å². The van der Waals surface area contributed by atoms with Gasteiger partial charge in [0.25, 0.3) is 0 Å². The highest BCUT2D eigenvalue weighted by Gasteiger charge is 2.26. The molecule has 2 aromatic heterocycles. The highest BCUT2D eigenvalue weighted by molar-refractivity contribution is 5.78. The average molecular weight is 355 g/mol. The van der Waals surface area contributed by atoms with Crippen LogP contribution in [0.3, 0.4) is 0 Å². The van der Waals surface area contributed by atoms with Gasteiger partial charge in [-0.15, -0.1) is 0 Å². The predicted octanol–water partition coefficient (Wildman–Crippen LogP) is 1.31. The fraction of sp³-hybridized carbons (Fsp3) is 0.526. The number of imidazole rings is 1. The van der Waals surface area contributed by atoms with Crippen molar-refractivity contribution in [1.82, 2.24) is 24.3 Å². The van der Waals surface area contributed by atoms with Crippen molar-refractivity contribution in [3.63, 3.8) is 0 Å². The monoisotopic (exact) mass is 355 g/mol. The first kappa shape index (κ1) is 17.2. The van der Waals surface area contributed by atoms with Crippen LogP contribution in [0.15, 0.2) is 36.9 Å². The van der Waals surface area contributed by atoms with Crippen LogP contribution in [0.2, 0.25) is 0 Å². The first-order valence-corrected chi connectivity index (χ1v) is 9.33. The molecule has 2 fully saturated rings. The van der Waals surface area contributed by atoms with E-state index in [-0.39, 0.29) is 5.91 Å². The van der Waals surface area contributed by atoms with E-state index in [1.54, 1.807) is 12.5 Å². The molecule has 2 saturated heterocycles. The number of rotatable bonds is 4. The lowest BCUT2D eigenvalue weighted by atomic mass is 9.93. The van der Waals surface area contributed by atoms with Gasteiger partial charge in [0.2, 0.25) is 5.91 Å². The fourth-order valence-corrected chi connectivity index (χ4v) is 3.68. The van der Waals surface area contributed by atoms with Crippen molar-refractivity contribution >= 4 is 5.91 Å². The largest absolute Gasteiger partial charge is 0.379 e. The lowest BCUT2D eigenvalue weighted by molar-refractivity contribution is -0.134. The molecule has 4 heterocycles. The van der Waals surface area contributed by atoms with E-state index in [1.165, 1.54) is 0 Å². The fourth-order valence-electron chi connectivity index (χ4n) is 3.68. The summed E-state index contributed by atoms with van der Waals surface area (Å²) in [5.41, 5.74) is 1.11. The molecule has 0 aromatic carbocycles. The lowest BCUT2D eigenvalue weighted by Gasteiger charge is -2.34. The molecule has 0 bridgehead atoms. The van der Waals surface area contributed by atoms with Gasteiger partial charge in [0, 0.05) is 50.2 Å². The van der Waals surface area contributed by atoms with Gasteiger partial charge in [0.1, 0.15) is 12.1 Å². The van der Waals surface area contributed by atoms with Crippen molar-refractivity contribution in [3.8, 4) is 5.82 Å². The minimum absolute atomic E-state index is 0.241. The van der Waals surface area contributed by atoms with E-state index < -0.39 is 0 Å².